The van der Waals surface area contributed by atoms with Crippen LogP contribution in [0.5, 0.6) is 5.75 Å². The molecule has 1 aromatic carbocycles. The molecule has 9 heteroatoms. The average molecular weight is 419 g/mol. The maximum absolute atomic E-state index is 12.5. The number of anilines is 1. The number of hydrogen-bond donors (Lipinski definition) is 0. The Labute approximate surface area is 169 Å². The maximum atomic E-state index is 12.5. The summed E-state index contributed by atoms with van der Waals surface area (Å²) in [6, 6.07) is 2.50. The van der Waals surface area contributed by atoms with Crippen LogP contribution in [0.15, 0.2) is 12.1 Å². The smallest absolute Gasteiger partial charge is 0.411 e. The monoisotopic (exact) mass is 418 g/mol. The molecule has 1 saturated heterocycles. The standard InChI is InChI=1S/C18H24Cl2N2O5/c1-18(2,3)27-17(24)22-9-8-21(10-12(22)16(23)26-5)15-13(25-4)7-6-11(19)14(15)20/h6-7,12H,8-10H2,1-5H3/t12-/m1/s1. The van der Waals surface area contributed by atoms with Crippen LogP contribution in [0.25, 0.3) is 0 Å². The number of carbonyl (C=O) groups excluding carboxylic acids is 2. The van der Waals surface area contributed by atoms with Crippen LogP contribution in [0, 0.1) is 0 Å². The van der Waals surface area contributed by atoms with Gasteiger partial charge in [0.15, 0.2) is 6.04 Å². The number of rotatable bonds is 3. The lowest BCUT2D eigenvalue weighted by Crippen LogP contribution is -2.59. The number of nitrogens with zero attached hydrogens (tertiary/aromatic N) is 2. The number of hydrogen-bond acceptors (Lipinski definition) is 6. The number of amides is 1. The van der Waals surface area contributed by atoms with E-state index in [0.29, 0.717) is 28.0 Å². The molecule has 7 nitrogen and oxygen atoms in total. The van der Waals surface area contributed by atoms with E-state index in [0.717, 1.165) is 0 Å². The van der Waals surface area contributed by atoms with Gasteiger partial charge in [-0.3, -0.25) is 4.90 Å². The van der Waals surface area contributed by atoms with E-state index >= 15 is 0 Å². The first-order valence-corrected chi connectivity index (χ1v) is 9.19. The molecule has 1 aromatic rings. The lowest BCUT2D eigenvalue weighted by atomic mass is 10.1. The van der Waals surface area contributed by atoms with Crippen LogP contribution in [-0.2, 0) is 14.3 Å². The number of ether oxygens (including phenoxy) is 3. The van der Waals surface area contributed by atoms with Crippen LogP contribution in [-0.4, -0.2) is 62.5 Å². The molecule has 1 aliphatic rings. The molecule has 0 spiro atoms. The van der Waals surface area contributed by atoms with Crippen LogP contribution < -0.4 is 9.64 Å². The number of methoxy groups -OCH3 is 2. The van der Waals surface area contributed by atoms with E-state index in [-0.39, 0.29) is 13.1 Å². The Balaban J connectivity index is 2.33. The Morgan fingerprint density at radius 1 is 1.15 bits per heavy atom. The fraction of sp³-hybridized carbons (Fsp3) is 0.556. The lowest BCUT2D eigenvalue weighted by Gasteiger charge is -2.41. The number of benzene rings is 1. The summed E-state index contributed by atoms with van der Waals surface area (Å²) < 4.78 is 15.7. The highest BCUT2D eigenvalue weighted by atomic mass is 35.5. The van der Waals surface area contributed by atoms with Crippen molar-refractivity contribution in [2.75, 3.05) is 38.8 Å². The summed E-state index contributed by atoms with van der Waals surface area (Å²) in [5, 5.41) is 0.696. The van der Waals surface area contributed by atoms with Gasteiger partial charge >= 0.3 is 12.1 Å². The largest absolute Gasteiger partial charge is 0.495 e. The first-order valence-electron chi connectivity index (χ1n) is 8.43. The summed E-state index contributed by atoms with van der Waals surface area (Å²) in [7, 11) is 2.80. The van der Waals surface area contributed by atoms with Gasteiger partial charge in [-0.2, -0.15) is 0 Å². The number of piperazine rings is 1. The topological polar surface area (TPSA) is 68.3 Å². The molecular formula is C18H24Cl2N2O5. The number of carbonyl (C=O) groups is 2. The Morgan fingerprint density at radius 2 is 1.81 bits per heavy atom. The average Bonchev–Trinajstić information content (AvgIpc) is 2.61. The quantitative estimate of drug-likeness (QED) is 0.698. The molecule has 0 aromatic heterocycles. The molecule has 0 bridgehead atoms. The third-order valence-corrected chi connectivity index (χ3v) is 4.84. The Morgan fingerprint density at radius 3 is 2.37 bits per heavy atom. The van der Waals surface area contributed by atoms with E-state index < -0.39 is 23.7 Å². The maximum Gasteiger partial charge on any atom is 0.411 e. The van der Waals surface area contributed by atoms with Gasteiger partial charge in [0.1, 0.15) is 11.4 Å². The van der Waals surface area contributed by atoms with Crippen LogP contribution in [0.4, 0.5) is 10.5 Å². The van der Waals surface area contributed by atoms with Crippen molar-refractivity contribution in [3.8, 4) is 5.75 Å². The highest BCUT2D eigenvalue weighted by Crippen LogP contribution is 2.41. The van der Waals surface area contributed by atoms with Crippen LogP contribution in [0.3, 0.4) is 0 Å². The molecule has 1 heterocycles. The normalized spacial score (nSPS) is 17.5. The van der Waals surface area contributed by atoms with Crippen molar-refractivity contribution in [1.82, 2.24) is 4.90 Å². The molecule has 1 atom stereocenters. The third kappa shape index (κ3) is 4.90. The van der Waals surface area contributed by atoms with Gasteiger partial charge in [0.05, 0.1) is 30.0 Å². The van der Waals surface area contributed by atoms with Crippen LogP contribution in [0.2, 0.25) is 10.0 Å². The SMILES string of the molecule is COC(=O)[C@H]1CN(c2c(OC)ccc(Cl)c2Cl)CCN1C(=O)OC(C)(C)C. The molecule has 0 N–H and O–H groups in total. The summed E-state index contributed by atoms with van der Waals surface area (Å²) in [6.45, 7) is 6.15. The molecular weight excluding hydrogens is 395 g/mol. The van der Waals surface area contributed by atoms with E-state index in [9.17, 15) is 9.59 Å². The van der Waals surface area contributed by atoms with E-state index in [1.165, 1.54) is 19.1 Å². The van der Waals surface area contributed by atoms with Gasteiger partial charge in [-0.05, 0) is 32.9 Å². The van der Waals surface area contributed by atoms with Gasteiger partial charge in [-0.25, -0.2) is 9.59 Å². The van der Waals surface area contributed by atoms with Crippen molar-refractivity contribution in [1.29, 1.82) is 0 Å². The summed E-state index contributed by atoms with van der Waals surface area (Å²) in [5.74, 6) is -0.0126. The van der Waals surface area contributed by atoms with Crippen LogP contribution in [0.1, 0.15) is 20.8 Å². The summed E-state index contributed by atoms with van der Waals surface area (Å²) in [4.78, 5) is 28.1. The Hall–Kier alpha value is -1.86. The summed E-state index contributed by atoms with van der Waals surface area (Å²) >= 11 is 12.5. The second kappa shape index (κ2) is 8.44. The van der Waals surface area contributed by atoms with Gasteiger partial charge in [0, 0.05) is 19.6 Å². The van der Waals surface area contributed by atoms with Gasteiger partial charge in [0.2, 0.25) is 0 Å². The van der Waals surface area contributed by atoms with Crippen molar-refractivity contribution in [2.24, 2.45) is 0 Å². The first kappa shape index (κ1) is 21.4. The molecule has 1 fully saturated rings. The predicted molar refractivity (Wildman–Crippen MR) is 104 cm³/mol. The highest BCUT2D eigenvalue weighted by Gasteiger charge is 2.39. The van der Waals surface area contributed by atoms with Crippen molar-refractivity contribution in [3.05, 3.63) is 22.2 Å². The van der Waals surface area contributed by atoms with Crippen molar-refractivity contribution < 1.29 is 23.8 Å². The highest BCUT2D eigenvalue weighted by molar-refractivity contribution is 6.44. The molecule has 27 heavy (non-hydrogen) atoms. The van der Waals surface area contributed by atoms with Gasteiger partial charge in [-0.1, -0.05) is 23.2 Å². The van der Waals surface area contributed by atoms with Crippen LogP contribution >= 0.6 is 23.2 Å². The molecule has 1 amide bonds. The fourth-order valence-electron chi connectivity index (χ4n) is 2.84. The lowest BCUT2D eigenvalue weighted by molar-refractivity contribution is -0.147. The minimum absolute atomic E-state index is 0.169. The molecule has 0 saturated carbocycles. The second-order valence-corrected chi connectivity index (χ2v) is 7.86. The van der Waals surface area contributed by atoms with E-state index in [2.05, 4.69) is 0 Å². The number of halogens is 2. The van der Waals surface area contributed by atoms with E-state index in [1.807, 2.05) is 4.90 Å². The zero-order valence-electron chi connectivity index (χ0n) is 16.0. The van der Waals surface area contributed by atoms with E-state index in [4.69, 9.17) is 37.4 Å². The fourth-order valence-corrected chi connectivity index (χ4v) is 3.27. The minimum atomic E-state index is -0.849. The van der Waals surface area contributed by atoms with Gasteiger partial charge in [0.25, 0.3) is 0 Å². The molecule has 0 radical (unpaired) electrons. The second-order valence-electron chi connectivity index (χ2n) is 7.07. The zero-order chi connectivity index (χ0) is 20.4. The first-order chi connectivity index (χ1) is 12.6. The number of esters is 1. The van der Waals surface area contributed by atoms with Gasteiger partial charge < -0.3 is 19.1 Å². The predicted octanol–water partition coefficient (Wildman–Crippen LogP) is 3.60. The van der Waals surface area contributed by atoms with Crippen molar-refractivity contribution in [2.45, 2.75) is 32.4 Å². The summed E-state index contributed by atoms with van der Waals surface area (Å²) in [6.07, 6.45) is -0.568. The molecule has 0 unspecified atom stereocenters. The summed E-state index contributed by atoms with van der Waals surface area (Å²) in [5.41, 5.74) is -0.0987. The van der Waals surface area contributed by atoms with Crippen molar-refractivity contribution >= 4 is 41.0 Å². The molecule has 1 aliphatic heterocycles. The Kier molecular flexibility index (Phi) is 6.70. The molecule has 2 rings (SSSR count). The Bertz CT molecular complexity index is 720. The van der Waals surface area contributed by atoms with Gasteiger partial charge in [-0.15, -0.1) is 0 Å². The molecule has 0 aliphatic carbocycles. The third-order valence-electron chi connectivity index (χ3n) is 4.05. The zero-order valence-corrected chi connectivity index (χ0v) is 17.6. The molecule has 150 valence electrons. The van der Waals surface area contributed by atoms with Crippen molar-refractivity contribution in [3.63, 3.8) is 0 Å². The minimum Gasteiger partial charge on any atom is -0.495 e. The van der Waals surface area contributed by atoms with E-state index in [1.54, 1.807) is 32.9 Å².